The molecule has 4 nitrogen and oxygen atoms in total. The van der Waals surface area contributed by atoms with E-state index in [0.29, 0.717) is 22.2 Å². The third-order valence-corrected chi connectivity index (χ3v) is 4.22. The second kappa shape index (κ2) is 7.07. The number of imidazole rings is 1. The van der Waals surface area contributed by atoms with Gasteiger partial charge in [-0.2, -0.15) is 0 Å². The minimum absolute atomic E-state index is 0.230. The Morgan fingerprint density at radius 3 is 2.54 bits per heavy atom. The number of carbonyl (C=O) groups is 1. The van der Waals surface area contributed by atoms with E-state index in [-0.39, 0.29) is 5.91 Å². The number of amides is 1. The summed E-state index contributed by atoms with van der Waals surface area (Å²) < 4.78 is 2.00. The highest BCUT2D eigenvalue weighted by molar-refractivity contribution is 6.36. The van der Waals surface area contributed by atoms with Crippen molar-refractivity contribution in [2.45, 2.75) is 13.5 Å². The average Bonchev–Trinajstić information content (AvgIpc) is 2.99. The number of rotatable bonds is 4. The largest absolute Gasteiger partial charge is 0.348 e. The Balaban J connectivity index is 1.66. The summed E-state index contributed by atoms with van der Waals surface area (Å²) in [6.45, 7) is 2.37. The van der Waals surface area contributed by atoms with Crippen LogP contribution in [0.2, 0.25) is 10.0 Å². The van der Waals surface area contributed by atoms with E-state index in [1.165, 1.54) is 0 Å². The number of aromatic nitrogens is 2. The van der Waals surface area contributed by atoms with Crippen molar-refractivity contribution in [2.75, 3.05) is 0 Å². The van der Waals surface area contributed by atoms with Gasteiger partial charge in [-0.1, -0.05) is 35.3 Å². The van der Waals surface area contributed by atoms with Crippen LogP contribution in [0.1, 0.15) is 21.7 Å². The van der Waals surface area contributed by atoms with Crippen LogP contribution in [-0.4, -0.2) is 15.5 Å². The average molecular weight is 360 g/mol. The Hall–Kier alpha value is -2.30. The molecule has 3 aromatic rings. The first-order chi connectivity index (χ1) is 11.5. The quantitative estimate of drug-likeness (QED) is 0.749. The van der Waals surface area contributed by atoms with Crippen LogP contribution < -0.4 is 5.32 Å². The predicted octanol–water partition coefficient (Wildman–Crippen LogP) is 4.42. The van der Waals surface area contributed by atoms with E-state index in [9.17, 15) is 4.79 Å². The molecule has 1 heterocycles. The summed E-state index contributed by atoms with van der Waals surface area (Å²) in [5, 5.41) is 3.70. The summed E-state index contributed by atoms with van der Waals surface area (Å²) in [5.74, 6) is 0.694. The van der Waals surface area contributed by atoms with E-state index in [1.54, 1.807) is 24.4 Å². The van der Waals surface area contributed by atoms with Gasteiger partial charge in [-0.15, -0.1) is 0 Å². The Morgan fingerprint density at radius 2 is 1.92 bits per heavy atom. The molecule has 1 amide bonds. The van der Waals surface area contributed by atoms with Gasteiger partial charge in [0, 0.05) is 29.6 Å². The second-order valence-electron chi connectivity index (χ2n) is 5.32. The van der Waals surface area contributed by atoms with Crippen LogP contribution in [0, 0.1) is 6.92 Å². The lowest BCUT2D eigenvalue weighted by Crippen LogP contribution is -2.23. The van der Waals surface area contributed by atoms with Crippen LogP contribution in [0.4, 0.5) is 0 Å². The third kappa shape index (κ3) is 3.61. The summed E-state index contributed by atoms with van der Waals surface area (Å²) in [7, 11) is 0. The SMILES string of the molecule is Cc1nccn1-c1ccc(CNC(=O)c2ccc(Cl)cc2Cl)cc1. The first-order valence-corrected chi connectivity index (χ1v) is 8.13. The monoisotopic (exact) mass is 359 g/mol. The van der Waals surface area contributed by atoms with Crippen LogP contribution in [0.5, 0.6) is 0 Å². The van der Waals surface area contributed by atoms with E-state index in [0.717, 1.165) is 17.1 Å². The van der Waals surface area contributed by atoms with Gasteiger partial charge >= 0.3 is 0 Å². The van der Waals surface area contributed by atoms with E-state index in [2.05, 4.69) is 10.3 Å². The smallest absolute Gasteiger partial charge is 0.253 e. The number of hydrogen-bond acceptors (Lipinski definition) is 2. The van der Waals surface area contributed by atoms with E-state index in [1.807, 2.05) is 42.0 Å². The van der Waals surface area contributed by atoms with E-state index >= 15 is 0 Å². The van der Waals surface area contributed by atoms with Crippen LogP contribution in [0.15, 0.2) is 54.9 Å². The van der Waals surface area contributed by atoms with Gasteiger partial charge in [0.15, 0.2) is 0 Å². The van der Waals surface area contributed by atoms with Crippen molar-refractivity contribution in [1.82, 2.24) is 14.9 Å². The molecular weight excluding hydrogens is 345 g/mol. The molecule has 0 bridgehead atoms. The van der Waals surface area contributed by atoms with Crippen LogP contribution in [0.25, 0.3) is 5.69 Å². The van der Waals surface area contributed by atoms with Crippen molar-refractivity contribution in [2.24, 2.45) is 0 Å². The highest BCUT2D eigenvalue weighted by Crippen LogP contribution is 2.21. The van der Waals surface area contributed by atoms with Crippen molar-refractivity contribution >= 4 is 29.1 Å². The lowest BCUT2D eigenvalue weighted by molar-refractivity contribution is 0.0951. The fraction of sp³-hybridized carbons (Fsp3) is 0.111. The second-order valence-corrected chi connectivity index (χ2v) is 6.16. The molecule has 0 unspecified atom stereocenters. The first kappa shape index (κ1) is 16.6. The van der Waals surface area contributed by atoms with Gasteiger partial charge in [0.1, 0.15) is 5.82 Å². The zero-order valence-corrected chi connectivity index (χ0v) is 14.5. The number of nitrogens with zero attached hydrogens (tertiary/aromatic N) is 2. The molecule has 6 heteroatoms. The molecule has 0 fully saturated rings. The topological polar surface area (TPSA) is 46.9 Å². The van der Waals surface area contributed by atoms with Crippen molar-refractivity contribution < 1.29 is 4.79 Å². The molecule has 0 aliphatic carbocycles. The number of halogens is 2. The number of aryl methyl sites for hydroxylation is 1. The minimum atomic E-state index is -0.230. The highest BCUT2D eigenvalue weighted by atomic mass is 35.5. The highest BCUT2D eigenvalue weighted by Gasteiger charge is 2.10. The van der Waals surface area contributed by atoms with Crippen molar-refractivity contribution in [3.05, 3.63) is 81.9 Å². The maximum absolute atomic E-state index is 12.2. The molecule has 24 heavy (non-hydrogen) atoms. The molecule has 0 radical (unpaired) electrons. The zero-order valence-electron chi connectivity index (χ0n) is 13.0. The Morgan fingerprint density at radius 1 is 1.17 bits per heavy atom. The van der Waals surface area contributed by atoms with Gasteiger partial charge < -0.3 is 9.88 Å². The minimum Gasteiger partial charge on any atom is -0.348 e. The molecule has 122 valence electrons. The third-order valence-electron chi connectivity index (χ3n) is 3.67. The van der Waals surface area contributed by atoms with Gasteiger partial charge in [-0.25, -0.2) is 4.98 Å². The molecule has 0 spiro atoms. The summed E-state index contributed by atoms with van der Waals surface area (Å²) in [6, 6.07) is 12.7. The molecule has 0 aliphatic rings. The standard InChI is InChI=1S/C18H15Cl2N3O/c1-12-21-8-9-23(12)15-5-2-13(3-6-15)11-22-18(24)16-7-4-14(19)10-17(16)20/h2-10H,11H2,1H3,(H,22,24). The van der Waals surface area contributed by atoms with Gasteiger partial charge in [0.2, 0.25) is 0 Å². The van der Waals surface area contributed by atoms with Crippen molar-refractivity contribution in [3.8, 4) is 5.69 Å². The molecular formula is C18H15Cl2N3O. The summed E-state index contributed by atoms with van der Waals surface area (Å²) >= 11 is 11.9. The predicted molar refractivity (Wildman–Crippen MR) is 95.9 cm³/mol. The molecule has 2 aromatic carbocycles. The van der Waals surface area contributed by atoms with Gasteiger partial charge in [0.25, 0.3) is 5.91 Å². The summed E-state index contributed by atoms with van der Waals surface area (Å²) in [6.07, 6.45) is 3.67. The fourth-order valence-corrected chi connectivity index (χ4v) is 2.87. The first-order valence-electron chi connectivity index (χ1n) is 7.37. The van der Waals surface area contributed by atoms with Crippen molar-refractivity contribution in [3.63, 3.8) is 0 Å². The zero-order chi connectivity index (χ0) is 17.1. The van der Waals surface area contributed by atoms with Crippen LogP contribution in [-0.2, 0) is 6.54 Å². The maximum atomic E-state index is 12.2. The summed E-state index contributed by atoms with van der Waals surface area (Å²) in [5.41, 5.74) is 2.43. The van der Waals surface area contributed by atoms with Crippen LogP contribution >= 0.6 is 23.2 Å². The summed E-state index contributed by atoms with van der Waals surface area (Å²) in [4.78, 5) is 16.4. The molecule has 0 saturated heterocycles. The molecule has 0 atom stereocenters. The molecule has 1 aromatic heterocycles. The number of carbonyl (C=O) groups excluding carboxylic acids is 1. The molecule has 1 N–H and O–H groups in total. The Bertz CT molecular complexity index is 872. The van der Waals surface area contributed by atoms with E-state index in [4.69, 9.17) is 23.2 Å². The maximum Gasteiger partial charge on any atom is 0.253 e. The Kier molecular flexibility index (Phi) is 4.88. The lowest BCUT2D eigenvalue weighted by Gasteiger charge is -2.09. The van der Waals surface area contributed by atoms with Gasteiger partial charge in [-0.3, -0.25) is 4.79 Å². The van der Waals surface area contributed by atoms with E-state index < -0.39 is 0 Å². The lowest BCUT2D eigenvalue weighted by atomic mass is 10.1. The van der Waals surface area contributed by atoms with Gasteiger partial charge in [-0.05, 0) is 42.8 Å². The number of benzene rings is 2. The Labute approximate surface area is 150 Å². The normalized spacial score (nSPS) is 10.6. The van der Waals surface area contributed by atoms with Crippen LogP contribution in [0.3, 0.4) is 0 Å². The number of hydrogen-bond donors (Lipinski definition) is 1. The van der Waals surface area contributed by atoms with Crippen molar-refractivity contribution in [1.29, 1.82) is 0 Å². The molecule has 0 aliphatic heterocycles. The molecule has 0 saturated carbocycles. The molecule has 3 rings (SSSR count). The number of nitrogens with one attached hydrogen (secondary N) is 1. The van der Waals surface area contributed by atoms with Gasteiger partial charge in [0.05, 0.1) is 10.6 Å². The fourth-order valence-electron chi connectivity index (χ4n) is 2.38.